The first-order valence-corrected chi connectivity index (χ1v) is 13.1. The number of hydrogen-bond donors (Lipinski definition) is 9. The van der Waals surface area contributed by atoms with Crippen LogP contribution in [0.25, 0.3) is 11.1 Å². The molecule has 3 atom stereocenters. The van der Waals surface area contributed by atoms with E-state index >= 15 is 0 Å². The molecular formula is C27H39N7O5. The number of phenolic OH excluding ortho intramolecular Hbond substituents is 2. The molecule has 3 rings (SSSR count). The number of rotatable bonds is 9. The number of carbonyl (C=O) groups excluding carboxylic acids is 3. The molecule has 0 fully saturated rings. The van der Waals surface area contributed by atoms with E-state index in [1.165, 1.54) is 12.1 Å². The Morgan fingerprint density at radius 3 is 2.13 bits per heavy atom. The largest absolute Gasteiger partial charge is 0.508 e. The normalized spacial score (nSPS) is 19.8. The molecule has 0 unspecified atom stereocenters. The second-order valence-electron chi connectivity index (χ2n) is 9.58. The maximum Gasteiger partial charge on any atom is 0.243 e. The summed E-state index contributed by atoms with van der Waals surface area (Å²) < 4.78 is 0. The molecule has 212 valence electrons. The summed E-state index contributed by atoms with van der Waals surface area (Å²) in [6, 6.07) is 6.84. The van der Waals surface area contributed by atoms with E-state index in [-0.39, 0.29) is 30.8 Å². The van der Waals surface area contributed by atoms with Gasteiger partial charge in [0, 0.05) is 39.0 Å². The van der Waals surface area contributed by atoms with Gasteiger partial charge in [-0.25, -0.2) is 0 Å². The molecule has 12 heteroatoms. The number of carbonyl (C=O) groups is 3. The Morgan fingerprint density at radius 2 is 1.51 bits per heavy atom. The van der Waals surface area contributed by atoms with Crippen molar-refractivity contribution in [2.75, 3.05) is 32.7 Å². The molecule has 2 aromatic rings. The third-order valence-corrected chi connectivity index (χ3v) is 6.58. The minimum Gasteiger partial charge on any atom is -0.508 e. The highest BCUT2D eigenvalue weighted by molar-refractivity contribution is 5.93. The van der Waals surface area contributed by atoms with E-state index in [4.69, 9.17) is 17.2 Å². The lowest BCUT2D eigenvalue weighted by molar-refractivity contribution is -0.132. The van der Waals surface area contributed by atoms with Crippen molar-refractivity contribution < 1.29 is 24.6 Å². The average Bonchev–Trinajstić information content (AvgIpc) is 2.92. The number of hydrogen-bond acceptors (Lipinski definition) is 9. The summed E-state index contributed by atoms with van der Waals surface area (Å²) in [6.45, 7) is 2.15. The van der Waals surface area contributed by atoms with Crippen LogP contribution in [-0.2, 0) is 27.2 Å². The van der Waals surface area contributed by atoms with Gasteiger partial charge < -0.3 is 48.7 Å². The standard InChI is InChI=1S/C27H39N7O5/c28-7-1-2-21-27(39)34-22(26(38)32-11-10-31-9-8-29)15-19-13-17(4-6-24(19)36)16-3-5-23(35)18(12-16)14-20(30)25(37)33-21/h3-6,12-13,20-22,31,35-36H,1-2,7-11,14-15,28-30H2,(H,32,38)(H,33,37)(H,34,39)/t20-,21+,22+/m0/s1. The maximum absolute atomic E-state index is 13.3. The molecule has 0 aromatic heterocycles. The van der Waals surface area contributed by atoms with Crippen molar-refractivity contribution in [2.45, 2.75) is 43.8 Å². The Balaban J connectivity index is 2.00. The molecule has 0 aliphatic carbocycles. The van der Waals surface area contributed by atoms with Crippen LogP contribution in [0.2, 0.25) is 0 Å². The molecule has 1 aliphatic rings. The summed E-state index contributed by atoms with van der Waals surface area (Å²) >= 11 is 0. The molecule has 39 heavy (non-hydrogen) atoms. The predicted molar refractivity (Wildman–Crippen MR) is 148 cm³/mol. The number of nitrogens with two attached hydrogens (primary N) is 3. The summed E-state index contributed by atoms with van der Waals surface area (Å²) in [4.78, 5) is 39.5. The molecule has 0 radical (unpaired) electrons. The third-order valence-electron chi connectivity index (χ3n) is 6.58. The summed E-state index contributed by atoms with van der Waals surface area (Å²) in [5.74, 6) is -1.63. The zero-order valence-corrected chi connectivity index (χ0v) is 21.9. The summed E-state index contributed by atoms with van der Waals surface area (Å²) in [5, 5.41) is 32.3. The molecule has 3 amide bonds. The monoisotopic (exact) mass is 541 g/mol. The Labute approximate surface area is 227 Å². The Morgan fingerprint density at radius 1 is 0.872 bits per heavy atom. The van der Waals surface area contributed by atoms with Gasteiger partial charge in [0.15, 0.2) is 0 Å². The first kappa shape index (κ1) is 29.8. The van der Waals surface area contributed by atoms with Gasteiger partial charge >= 0.3 is 0 Å². The SMILES string of the molecule is NCCC[C@H]1NC(=O)[C@@H](N)Cc2cc(ccc2O)-c2ccc(O)c(c2)C[C@H](C(=O)NCCNCCN)NC1=O. The van der Waals surface area contributed by atoms with Crippen molar-refractivity contribution in [1.82, 2.24) is 21.3 Å². The van der Waals surface area contributed by atoms with E-state index in [0.29, 0.717) is 55.8 Å². The highest BCUT2D eigenvalue weighted by atomic mass is 16.3. The lowest BCUT2D eigenvalue weighted by Gasteiger charge is -2.24. The lowest BCUT2D eigenvalue weighted by Crippen LogP contribution is -2.56. The van der Waals surface area contributed by atoms with Gasteiger partial charge in [-0.1, -0.05) is 12.1 Å². The number of phenols is 2. The van der Waals surface area contributed by atoms with Crippen LogP contribution in [-0.4, -0.2) is 78.8 Å². The van der Waals surface area contributed by atoms with E-state index in [9.17, 15) is 24.6 Å². The zero-order chi connectivity index (χ0) is 28.4. The Kier molecular flexibility index (Phi) is 11.1. The smallest absolute Gasteiger partial charge is 0.243 e. The molecule has 0 spiro atoms. The minimum atomic E-state index is -1.04. The number of benzene rings is 2. The van der Waals surface area contributed by atoms with E-state index < -0.39 is 35.8 Å². The number of aromatic hydroxyl groups is 2. The summed E-state index contributed by atoms with van der Waals surface area (Å²) in [6.07, 6.45) is 0.711. The molecular weight excluding hydrogens is 502 g/mol. The molecule has 1 heterocycles. The van der Waals surface area contributed by atoms with Crippen LogP contribution in [0.5, 0.6) is 11.5 Å². The number of amides is 3. The van der Waals surface area contributed by atoms with Crippen molar-refractivity contribution in [3.63, 3.8) is 0 Å². The van der Waals surface area contributed by atoms with Crippen LogP contribution in [0, 0.1) is 0 Å². The fourth-order valence-corrected chi connectivity index (χ4v) is 4.38. The number of fused-ring (bicyclic) bond motifs is 5. The van der Waals surface area contributed by atoms with Gasteiger partial charge in [-0.05, 0) is 65.9 Å². The lowest BCUT2D eigenvalue weighted by atomic mass is 9.95. The first-order chi connectivity index (χ1) is 18.7. The molecule has 0 saturated heterocycles. The van der Waals surface area contributed by atoms with Gasteiger partial charge in [-0.2, -0.15) is 0 Å². The van der Waals surface area contributed by atoms with E-state index in [1.54, 1.807) is 24.3 Å². The molecule has 12 N–H and O–H groups in total. The third kappa shape index (κ3) is 8.39. The highest BCUT2D eigenvalue weighted by Gasteiger charge is 2.29. The van der Waals surface area contributed by atoms with E-state index in [0.717, 1.165) is 5.56 Å². The van der Waals surface area contributed by atoms with E-state index in [2.05, 4.69) is 21.3 Å². The van der Waals surface area contributed by atoms with Gasteiger partial charge in [0.2, 0.25) is 17.7 Å². The maximum atomic E-state index is 13.3. The fourth-order valence-electron chi connectivity index (χ4n) is 4.38. The van der Waals surface area contributed by atoms with Crippen molar-refractivity contribution in [1.29, 1.82) is 0 Å². The first-order valence-electron chi connectivity index (χ1n) is 13.1. The zero-order valence-electron chi connectivity index (χ0n) is 21.9. The van der Waals surface area contributed by atoms with Crippen LogP contribution in [0.3, 0.4) is 0 Å². The Hall–Kier alpha value is -3.71. The Bertz CT molecular complexity index is 1160. The molecule has 0 saturated carbocycles. The predicted octanol–water partition coefficient (Wildman–Crippen LogP) is -1.44. The number of nitrogens with one attached hydrogen (secondary N) is 4. The quantitative estimate of drug-likeness (QED) is 0.170. The molecule has 2 aromatic carbocycles. The van der Waals surface area contributed by atoms with Gasteiger partial charge in [0.1, 0.15) is 23.6 Å². The van der Waals surface area contributed by atoms with Crippen LogP contribution in [0.15, 0.2) is 36.4 Å². The fraction of sp³-hybridized carbons (Fsp3) is 0.444. The highest BCUT2D eigenvalue weighted by Crippen LogP contribution is 2.30. The molecule has 12 nitrogen and oxygen atoms in total. The van der Waals surface area contributed by atoms with Crippen LogP contribution >= 0.6 is 0 Å². The molecule has 4 bridgehead atoms. The van der Waals surface area contributed by atoms with Gasteiger partial charge in [0.25, 0.3) is 0 Å². The topological polar surface area (TPSA) is 218 Å². The van der Waals surface area contributed by atoms with Crippen molar-refractivity contribution in [3.8, 4) is 22.6 Å². The van der Waals surface area contributed by atoms with E-state index in [1.807, 2.05) is 0 Å². The van der Waals surface area contributed by atoms with Gasteiger partial charge in [-0.3, -0.25) is 14.4 Å². The van der Waals surface area contributed by atoms with Crippen molar-refractivity contribution in [3.05, 3.63) is 47.5 Å². The van der Waals surface area contributed by atoms with Gasteiger partial charge in [-0.15, -0.1) is 0 Å². The second-order valence-corrected chi connectivity index (χ2v) is 9.58. The van der Waals surface area contributed by atoms with Crippen molar-refractivity contribution >= 4 is 17.7 Å². The second kappa shape index (κ2) is 14.4. The van der Waals surface area contributed by atoms with Crippen molar-refractivity contribution in [2.24, 2.45) is 17.2 Å². The molecule has 1 aliphatic heterocycles. The van der Waals surface area contributed by atoms with Crippen LogP contribution in [0.1, 0.15) is 24.0 Å². The summed E-state index contributed by atoms with van der Waals surface area (Å²) in [5.41, 5.74) is 19.6. The van der Waals surface area contributed by atoms with Crippen LogP contribution in [0.4, 0.5) is 0 Å². The average molecular weight is 542 g/mol. The summed E-state index contributed by atoms with van der Waals surface area (Å²) in [7, 11) is 0. The van der Waals surface area contributed by atoms with Gasteiger partial charge in [0.05, 0.1) is 6.04 Å². The van der Waals surface area contributed by atoms with Crippen LogP contribution < -0.4 is 38.5 Å². The minimum absolute atomic E-state index is 0.00448.